The van der Waals surface area contributed by atoms with E-state index in [2.05, 4.69) is 12.2 Å². The van der Waals surface area contributed by atoms with Crippen molar-refractivity contribution in [1.82, 2.24) is 0 Å². The van der Waals surface area contributed by atoms with E-state index in [1.165, 1.54) is 11.1 Å². The molecule has 4 nitrogen and oxygen atoms in total. The van der Waals surface area contributed by atoms with E-state index in [1.54, 1.807) is 0 Å². The van der Waals surface area contributed by atoms with Crippen LogP contribution in [0.2, 0.25) is 0 Å². The lowest BCUT2D eigenvalue weighted by Gasteiger charge is -2.35. The lowest BCUT2D eigenvalue weighted by molar-refractivity contribution is -0.119. The second-order valence-corrected chi connectivity index (χ2v) is 5.94. The first-order valence-electron chi connectivity index (χ1n) is 7.95. The Balaban J connectivity index is 1.86. The van der Waals surface area contributed by atoms with Crippen molar-refractivity contribution in [3.05, 3.63) is 23.3 Å². The average molecular weight is 286 g/mol. The Morgan fingerprint density at radius 3 is 2.76 bits per heavy atom. The molecule has 0 radical (unpaired) electrons. The Morgan fingerprint density at radius 1 is 1.24 bits per heavy atom. The molecule has 21 heavy (non-hydrogen) atoms. The number of hydrogen-bond acceptors (Lipinski definition) is 2. The van der Waals surface area contributed by atoms with Gasteiger partial charge in [-0.2, -0.15) is 0 Å². The van der Waals surface area contributed by atoms with E-state index >= 15 is 0 Å². The number of aryl methyl sites for hydroxylation is 2. The topological polar surface area (TPSA) is 49.4 Å². The van der Waals surface area contributed by atoms with Gasteiger partial charge in [0.2, 0.25) is 11.8 Å². The van der Waals surface area contributed by atoms with Crippen LogP contribution in [0.25, 0.3) is 0 Å². The largest absolute Gasteiger partial charge is 0.326 e. The number of nitrogens with one attached hydrogen (secondary N) is 1. The van der Waals surface area contributed by atoms with Crippen LogP contribution in [0.3, 0.4) is 0 Å². The molecule has 0 fully saturated rings. The van der Waals surface area contributed by atoms with Crippen molar-refractivity contribution < 1.29 is 9.59 Å². The third-order valence-electron chi connectivity index (χ3n) is 4.32. The van der Waals surface area contributed by atoms with E-state index in [4.69, 9.17) is 0 Å². The maximum absolute atomic E-state index is 12.0. The molecule has 2 heterocycles. The summed E-state index contributed by atoms with van der Waals surface area (Å²) in [5.41, 5.74) is 4.42. The van der Waals surface area contributed by atoms with Gasteiger partial charge in [-0.1, -0.05) is 13.3 Å². The Morgan fingerprint density at radius 2 is 2.00 bits per heavy atom. The molecule has 1 N–H and O–H groups in total. The first-order valence-corrected chi connectivity index (χ1v) is 7.95. The molecule has 0 aromatic heterocycles. The number of carbonyl (C=O) groups is 2. The molecule has 1 aromatic rings. The van der Waals surface area contributed by atoms with Crippen LogP contribution in [0.1, 0.15) is 50.2 Å². The van der Waals surface area contributed by atoms with Gasteiger partial charge in [0.15, 0.2) is 0 Å². The fourth-order valence-electron chi connectivity index (χ4n) is 3.29. The van der Waals surface area contributed by atoms with Gasteiger partial charge in [0.1, 0.15) is 0 Å². The third kappa shape index (κ3) is 2.80. The zero-order chi connectivity index (χ0) is 14.8. The number of anilines is 2. The molecular weight excluding hydrogens is 264 g/mol. The van der Waals surface area contributed by atoms with Gasteiger partial charge in [-0.05, 0) is 48.9 Å². The average Bonchev–Trinajstić information content (AvgIpc) is 2.48. The number of nitrogens with zero attached hydrogens (tertiary/aromatic N) is 1. The zero-order valence-corrected chi connectivity index (χ0v) is 12.6. The second-order valence-electron chi connectivity index (χ2n) is 5.94. The molecule has 0 bridgehead atoms. The van der Waals surface area contributed by atoms with E-state index in [1.807, 2.05) is 17.0 Å². The van der Waals surface area contributed by atoms with Gasteiger partial charge in [-0.3, -0.25) is 9.59 Å². The van der Waals surface area contributed by atoms with Gasteiger partial charge in [0.05, 0.1) is 5.69 Å². The van der Waals surface area contributed by atoms with Crippen molar-refractivity contribution in [3.8, 4) is 0 Å². The normalized spacial score (nSPS) is 16.6. The van der Waals surface area contributed by atoms with Gasteiger partial charge in [-0.15, -0.1) is 0 Å². The molecule has 3 rings (SSSR count). The number of rotatable bonds is 4. The molecule has 112 valence electrons. The summed E-state index contributed by atoms with van der Waals surface area (Å²) in [6.07, 6.45) is 5.89. The van der Waals surface area contributed by atoms with Crippen LogP contribution in [-0.2, 0) is 22.4 Å². The molecule has 0 atom stereocenters. The Bertz CT molecular complexity index is 563. The van der Waals surface area contributed by atoms with Crippen molar-refractivity contribution in [2.24, 2.45) is 0 Å². The number of benzene rings is 1. The highest BCUT2D eigenvalue weighted by Gasteiger charge is 2.29. The summed E-state index contributed by atoms with van der Waals surface area (Å²) >= 11 is 0. The first kappa shape index (κ1) is 14.1. The molecule has 0 aliphatic carbocycles. The van der Waals surface area contributed by atoms with E-state index < -0.39 is 0 Å². The van der Waals surface area contributed by atoms with Gasteiger partial charge in [0, 0.05) is 25.1 Å². The van der Waals surface area contributed by atoms with Gasteiger partial charge >= 0.3 is 0 Å². The van der Waals surface area contributed by atoms with Crippen molar-refractivity contribution in [1.29, 1.82) is 0 Å². The van der Waals surface area contributed by atoms with Crippen molar-refractivity contribution >= 4 is 23.2 Å². The standard InChI is InChI=1S/C17H22N2O2/c1-2-3-6-15(20)18-14-10-12-5-4-9-19-16(21)8-7-13(11-14)17(12)19/h10-11H,2-9H2,1H3,(H,18,20). The molecule has 0 saturated heterocycles. The minimum absolute atomic E-state index is 0.0866. The summed E-state index contributed by atoms with van der Waals surface area (Å²) in [5, 5.41) is 3.01. The summed E-state index contributed by atoms with van der Waals surface area (Å²) in [7, 11) is 0. The maximum atomic E-state index is 12.0. The van der Waals surface area contributed by atoms with E-state index in [0.717, 1.165) is 50.0 Å². The fourth-order valence-corrected chi connectivity index (χ4v) is 3.29. The lowest BCUT2D eigenvalue weighted by atomic mass is 9.91. The lowest BCUT2D eigenvalue weighted by Crippen LogP contribution is -2.39. The quantitative estimate of drug-likeness (QED) is 0.925. The Kier molecular flexibility index (Phi) is 3.95. The highest BCUT2D eigenvalue weighted by molar-refractivity contribution is 5.99. The summed E-state index contributed by atoms with van der Waals surface area (Å²) in [4.78, 5) is 25.8. The van der Waals surface area contributed by atoms with Crippen LogP contribution in [0, 0.1) is 0 Å². The second kappa shape index (κ2) is 5.88. The van der Waals surface area contributed by atoms with Crippen LogP contribution < -0.4 is 10.2 Å². The van der Waals surface area contributed by atoms with Crippen molar-refractivity contribution in [2.75, 3.05) is 16.8 Å². The SMILES string of the molecule is CCCCC(=O)Nc1cc2c3c(c1)CCC(=O)N3CCC2. The van der Waals surface area contributed by atoms with E-state index in [0.29, 0.717) is 12.8 Å². The highest BCUT2D eigenvalue weighted by atomic mass is 16.2. The molecule has 2 aliphatic heterocycles. The third-order valence-corrected chi connectivity index (χ3v) is 4.32. The molecule has 2 amide bonds. The minimum Gasteiger partial charge on any atom is -0.326 e. The van der Waals surface area contributed by atoms with Gasteiger partial charge < -0.3 is 10.2 Å². The van der Waals surface area contributed by atoms with Crippen LogP contribution >= 0.6 is 0 Å². The van der Waals surface area contributed by atoms with E-state index in [9.17, 15) is 9.59 Å². The van der Waals surface area contributed by atoms with Crippen LogP contribution in [0.15, 0.2) is 12.1 Å². The maximum Gasteiger partial charge on any atom is 0.227 e. The van der Waals surface area contributed by atoms with Crippen molar-refractivity contribution in [3.63, 3.8) is 0 Å². The van der Waals surface area contributed by atoms with Crippen LogP contribution in [-0.4, -0.2) is 18.4 Å². The number of amides is 2. The highest BCUT2D eigenvalue weighted by Crippen LogP contribution is 2.37. The molecule has 0 unspecified atom stereocenters. The van der Waals surface area contributed by atoms with E-state index in [-0.39, 0.29) is 11.8 Å². The molecule has 0 spiro atoms. The molecule has 2 aliphatic rings. The summed E-state index contributed by atoms with van der Waals surface area (Å²) in [6, 6.07) is 4.10. The molecule has 4 heteroatoms. The summed E-state index contributed by atoms with van der Waals surface area (Å²) in [6.45, 7) is 2.92. The smallest absolute Gasteiger partial charge is 0.227 e. The minimum atomic E-state index is 0.0866. The zero-order valence-electron chi connectivity index (χ0n) is 12.6. The van der Waals surface area contributed by atoms with Gasteiger partial charge in [0.25, 0.3) is 0 Å². The Labute approximate surface area is 125 Å². The number of hydrogen-bond donors (Lipinski definition) is 1. The van der Waals surface area contributed by atoms with Gasteiger partial charge in [-0.25, -0.2) is 0 Å². The molecular formula is C17H22N2O2. The predicted molar refractivity (Wildman–Crippen MR) is 83.6 cm³/mol. The predicted octanol–water partition coefficient (Wildman–Crippen LogP) is 3.04. The van der Waals surface area contributed by atoms with Crippen molar-refractivity contribution in [2.45, 2.75) is 51.9 Å². The number of carbonyl (C=O) groups excluding carboxylic acids is 2. The monoisotopic (exact) mass is 286 g/mol. The summed E-state index contributed by atoms with van der Waals surface area (Å²) < 4.78 is 0. The van der Waals surface area contributed by atoms with Crippen LogP contribution in [0.5, 0.6) is 0 Å². The Hall–Kier alpha value is -1.84. The molecule has 0 saturated carbocycles. The first-order chi connectivity index (χ1) is 10.2. The number of unbranched alkanes of at least 4 members (excludes halogenated alkanes) is 1. The molecule has 1 aromatic carbocycles. The summed E-state index contributed by atoms with van der Waals surface area (Å²) in [5.74, 6) is 0.326. The fraction of sp³-hybridized carbons (Fsp3) is 0.529. The van der Waals surface area contributed by atoms with Crippen LogP contribution in [0.4, 0.5) is 11.4 Å².